The van der Waals surface area contributed by atoms with Gasteiger partial charge in [0.2, 0.25) is 0 Å². The molecule has 20 heavy (non-hydrogen) atoms. The Balaban J connectivity index is 1.80. The van der Waals surface area contributed by atoms with Crippen LogP contribution < -0.4 is 0 Å². The molecule has 1 aliphatic carbocycles. The molecule has 1 atom stereocenters. The zero-order valence-corrected chi connectivity index (χ0v) is 13.0. The van der Waals surface area contributed by atoms with Gasteiger partial charge in [-0.2, -0.15) is 0 Å². The van der Waals surface area contributed by atoms with Crippen LogP contribution >= 0.6 is 0 Å². The minimum Gasteiger partial charge on any atom is -0.349 e. The van der Waals surface area contributed by atoms with Crippen LogP contribution in [-0.4, -0.2) is 34.4 Å². The first-order chi connectivity index (χ1) is 9.46. The maximum atomic E-state index is 12.2. The van der Waals surface area contributed by atoms with E-state index < -0.39 is 0 Å². The highest BCUT2D eigenvalue weighted by atomic mass is 16.1. The smallest absolute Gasteiger partial charge is 0.165 e. The van der Waals surface area contributed by atoms with E-state index >= 15 is 0 Å². The Morgan fingerprint density at radius 1 is 1.25 bits per heavy atom. The highest BCUT2D eigenvalue weighted by Crippen LogP contribution is 2.35. The largest absolute Gasteiger partial charge is 0.349 e. The van der Waals surface area contributed by atoms with E-state index in [1.807, 2.05) is 6.07 Å². The molecule has 1 saturated heterocycles. The van der Waals surface area contributed by atoms with Crippen molar-refractivity contribution in [3.8, 4) is 0 Å². The molecule has 0 radical (unpaired) electrons. The third-order valence-electron chi connectivity index (χ3n) is 4.89. The van der Waals surface area contributed by atoms with Crippen molar-refractivity contribution in [3.63, 3.8) is 0 Å². The molecule has 2 heterocycles. The molecule has 1 fully saturated rings. The fraction of sp³-hybridized carbons (Fsp3) is 0.706. The van der Waals surface area contributed by atoms with Gasteiger partial charge in [0.1, 0.15) is 0 Å². The molecule has 0 bridgehead atoms. The Bertz CT molecular complexity index is 509. The van der Waals surface area contributed by atoms with E-state index in [4.69, 9.17) is 0 Å². The summed E-state index contributed by atoms with van der Waals surface area (Å²) in [6, 6.07) is 2.60. The number of carbonyl (C=O) groups is 1. The first kappa shape index (κ1) is 13.9. The van der Waals surface area contributed by atoms with Crippen LogP contribution in [0.2, 0.25) is 0 Å². The lowest BCUT2D eigenvalue weighted by atomic mass is 9.76. The number of fused-ring (bicyclic) bond motifs is 1. The van der Waals surface area contributed by atoms with Crippen molar-refractivity contribution in [3.05, 3.63) is 23.5 Å². The van der Waals surface area contributed by atoms with Crippen LogP contribution in [0.4, 0.5) is 0 Å². The van der Waals surface area contributed by atoms with Crippen LogP contribution in [0.25, 0.3) is 0 Å². The SMILES string of the molecule is CC(Cn1ccc2c1CC(C)(C)CC2=O)N1CCCC1. The molecule has 0 spiro atoms. The van der Waals surface area contributed by atoms with E-state index in [2.05, 4.69) is 36.4 Å². The first-order valence-corrected chi connectivity index (χ1v) is 7.91. The topological polar surface area (TPSA) is 25.2 Å². The van der Waals surface area contributed by atoms with Gasteiger partial charge in [-0.25, -0.2) is 0 Å². The average molecular weight is 274 g/mol. The molecule has 0 N–H and O–H groups in total. The van der Waals surface area contributed by atoms with E-state index in [-0.39, 0.29) is 5.41 Å². The van der Waals surface area contributed by atoms with Gasteiger partial charge < -0.3 is 4.57 Å². The third-order valence-corrected chi connectivity index (χ3v) is 4.89. The molecule has 110 valence electrons. The third kappa shape index (κ3) is 2.56. The number of rotatable bonds is 3. The molecule has 1 unspecified atom stereocenters. The normalized spacial score (nSPS) is 23.9. The van der Waals surface area contributed by atoms with Gasteiger partial charge in [-0.05, 0) is 50.8 Å². The Morgan fingerprint density at radius 2 is 1.95 bits per heavy atom. The minimum absolute atomic E-state index is 0.108. The molecule has 1 aliphatic heterocycles. The fourth-order valence-electron chi connectivity index (χ4n) is 3.76. The van der Waals surface area contributed by atoms with Crippen molar-refractivity contribution in [2.45, 2.75) is 59.0 Å². The van der Waals surface area contributed by atoms with Crippen molar-refractivity contribution < 1.29 is 4.79 Å². The second kappa shape index (κ2) is 5.03. The Morgan fingerprint density at radius 3 is 2.65 bits per heavy atom. The second-order valence-electron chi connectivity index (χ2n) is 7.36. The second-order valence-corrected chi connectivity index (χ2v) is 7.36. The summed E-state index contributed by atoms with van der Waals surface area (Å²) < 4.78 is 2.33. The lowest BCUT2D eigenvalue weighted by molar-refractivity contribution is 0.0909. The summed E-state index contributed by atoms with van der Waals surface area (Å²) in [7, 11) is 0. The molecule has 2 aliphatic rings. The van der Waals surface area contributed by atoms with Crippen molar-refractivity contribution in [2.75, 3.05) is 13.1 Å². The predicted octanol–water partition coefficient (Wildman–Crippen LogP) is 3.13. The van der Waals surface area contributed by atoms with Gasteiger partial charge in [0.05, 0.1) is 0 Å². The molecule has 3 heteroatoms. The number of nitrogens with zero attached hydrogens (tertiary/aromatic N) is 2. The molecular weight excluding hydrogens is 248 g/mol. The lowest BCUT2D eigenvalue weighted by Crippen LogP contribution is -2.35. The van der Waals surface area contributed by atoms with E-state index in [1.165, 1.54) is 31.6 Å². The van der Waals surface area contributed by atoms with Gasteiger partial charge in [0.25, 0.3) is 0 Å². The molecule has 1 aromatic rings. The van der Waals surface area contributed by atoms with Gasteiger partial charge in [-0.15, -0.1) is 0 Å². The van der Waals surface area contributed by atoms with Crippen molar-refractivity contribution >= 4 is 5.78 Å². The highest BCUT2D eigenvalue weighted by molar-refractivity contribution is 5.98. The van der Waals surface area contributed by atoms with E-state index in [9.17, 15) is 4.79 Å². The number of hydrogen-bond donors (Lipinski definition) is 0. The van der Waals surface area contributed by atoms with Crippen LogP contribution in [-0.2, 0) is 13.0 Å². The van der Waals surface area contributed by atoms with Crippen LogP contribution in [0.3, 0.4) is 0 Å². The number of hydrogen-bond acceptors (Lipinski definition) is 2. The van der Waals surface area contributed by atoms with Gasteiger partial charge in [-0.1, -0.05) is 13.8 Å². The number of aromatic nitrogens is 1. The summed E-state index contributed by atoms with van der Waals surface area (Å²) in [5.41, 5.74) is 2.34. The minimum atomic E-state index is 0.108. The van der Waals surface area contributed by atoms with Gasteiger partial charge >= 0.3 is 0 Å². The number of ketones is 1. The maximum Gasteiger partial charge on any atom is 0.165 e. The molecule has 1 aromatic heterocycles. The van der Waals surface area contributed by atoms with Crippen LogP contribution in [0, 0.1) is 5.41 Å². The van der Waals surface area contributed by atoms with E-state index in [1.54, 1.807) is 0 Å². The molecule has 0 aromatic carbocycles. The molecule has 3 rings (SSSR count). The van der Waals surface area contributed by atoms with Gasteiger partial charge in [0.15, 0.2) is 5.78 Å². The summed E-state index contributed by atoms with van der Waals surface area (Å²) >= 11 is 0. The molecule has 0 saturated carbocycles. The molecule has 0 amide bonds. The summed E-state index contributed by atoms with van der Waals surface area (Å²) in [4.78, 5) is 14.8. The number of Topliss-reactive ketones (excluding diaryl/α,β-unsaturated/α-hetero) is 1. The van der Waals surface area contributed by atoms with Crippen molar-refractivity contribution in [1.82, 2.24) is 9.47 Å². The zero-order chi connectivity index (χ0) is 14.3. The van der Waals surface area contributed by atoms with Crippen LogP contribution in [0.15, 0.2) is 12.3 Å². The molecular formula is C17H26N2O. The predicted molar refractivity (Wildman–Crippen MR) is 81.1 cm³/mol. The Hall–Kier alpha value is -1.09. The van der Waals surface area contributed by atoms with E-state index in [0.29, 0.717) is 18.2 Å². The monoisotopic (exact) mass is 274 g/mol. The number of carbonyl (C=O) groups excluding carboxylic acids is 1. The fourth-order valence-corrected chi connectivity index (χ4v) is 3.76. The summed E-state index contributed by atoms with van der Waals surface area (Å²) in [5, 5.41) is 0. The maximum absolute atomic E-state index is 12.2. The summed E-state index contributed by atoms with van der Waals surface area (Å²) in [5.74, 6) is 0.323. The Labute approximate surface area is 122 Å². The van der Waals surface area contributed by atoms with Crippen LogP contribution in [0.1, 0.15) is 56.1 Å². The average Bonchev–Trinajstić information content (AvgIpc) is 2.98. The highest BCUT2D eigenvalue weighted by Gasteiger charge is 2.33. The van der Waals surface area contributed by atoms with Crippen LogP contribution in [0.5, 0.6) is 0 Å². The zero-order valence-electron chi connectivity index (χ0n) is 13.0. The molecule has 3 nitrogen and oxygen atoms in total. The van der Waals surface area contributed by atoms with Crippen molar-refractivity contribution in [2.24, 2.45) is 5.41 Å². The Kier molecular flexibility index (Phi) is 3.49. The lowest BCUT2D eigenvalue weighted by Gasteiger charge is -2.31. The van der Waals surface area contributed by atoms with Gasteiger partial charge in [0, 0.05) is 36.5 Å². The van der Waals surface area contributed by atoms with E-state index in [0.717, 1.165) is 18.5 Å². The quantitative estimate of drug-likeness (QED) is 0.846. The van der Waals surface area contributed by atoms with Crippen molar-refractivity contribution in [1.29, 1.82) is 0 Å². The number of likely N-dealkylation sites (tertiary alicyclic amines) is 1. The summed E-state index contributed by atoms with van der Waals surface area (Å²) in [6.07, 6.45) is 6.50. The standard InChI is InChI=1S/C17H26N2O/c1-13(18-7-4-5-8-18)12-19-9-6-14-15(19)10-17(2,3)11-16(14)20/h6,9,13H,4-5,7-8,10-12H2,1-3H3. The summed E-state index contributed by atoms with van der Waals surface area (Å²) in [6.45, 7) is 10.2. The van der Waals surface area contributed by atoms with Gasteiger partial charge in [-0.3, -0.25) is 9.69 Å². The first-order valence-electron chi connectivity index (χ1n) is 7.91.